The van der Waals surface area contributed by atoms with Gasteiger partial charge in [0.2, 0.25) is 0 Å². The molecular weight excluding hydrogens is 346 g/mol. The predicted molar refractivity (Wildman–Crippen MR) is 96.2 cm³/mol. The number of carbonyl (C=O) groups is 1. The van der Waals surface area contributed by atoms with E-state index in [2.05, 4.69) is 20.2 Å². The van der Waals surface area contributed by atoms with Gasteiger partial charge < -0.3 is 14.4 Å². The van der Waals surface area contributed by atoms with E-state index < -0.39 is 0 Å². The van der Waals surface area contributed by atoms with Gasteiger partial charge in [0, 0.05) is 18.5 Å². The van der Waals surface area contributed by atoms with E-state index in [9.17, 15) is 4.79 Å². The molecule has 0 bridgehead atoms. The van der Waals surface area contributed by atoms with E-state index in [1.807, 2.05) is 17.9 Å². The second-order valence-electron chi connectivity index (χ2n) is 7.30. The second-order valence-corrected chi connectivity index (χ2v) is 7.30. The Bertz CT molecular complexity index is 795. The van der Waals surface area contributed by atoms with Gasteiger partial charge in [-0.2, -0.15) is 10.2 Å². The molecule has 2 saturated heterocycles. The zero-order valence-corrected chi connectivity index (χ0v) is 15.4. The zero-order valence-electron chi connectivity index (χ0n) is 15.4. The minimum Gasteiger partial charge on any atom is -0.463 e. The maximum Gasteiger partial charge on any atom is 0.316 e. The van der Waals surface area contributed by atoms with Crippen molar-refractivity contribution in [3.8, 4) is 6.01 Å². The van der Waals surface area contributed by atoms with Crippen molar-refractivity contribution in [1.82, 2.24) is 25.1 Å². The van der Waals surface area contributed by atoms with Crippen molar-refractivity contribution in [2.45, 2.75) is 31.8 Å². The Morgan fingerprint density at radius 3 is 3.00 bits per heavy atom. The molecule has 4 rings (SSSR count). The van der Waals surface area contributed by atoms with Crippen LogP contribution in [0.1, 0.15) is 35.3 Å². The van der Waals surface area contributed by atoms with Crippen molar-refractivity contribution in [3.63, 3.8) is 0 Å². The molecule has 142 valence electrons. The topological polar surface area (TPSA) is 90.3 Å². The Kier molecular flexibility index (Phi) is 4.98. The van der Waals surface area contributed by atoms with E-state index in [-0.39, 0.29) is 11.5 Å². The van der Waals surface area contributed by atoms with Crippen LogP contribution in [0.25, 0.3) is 0 Å². The highest BCUT2D eigenvalue weighted by atomic mass is 16.5. The number of nitrogens with zero attached hydrogens (tertiary/aromatic N) is 5. The van der Waals surface area contributed by atoms with Crippen LogP contribution >= 0.6 is 0 Å². The van der Waals surface area contributed by atoms with Crippen LogP contribution in [-0.4, -0.2) is 62.9 Å². The molecule has 1 spiro atoms. The third-order valence-corrected chi connectivity index (χ3v) is 5.20. The van der Waals surface area contributed by atoms with Crippen LogP contribution in [-0.2, 0) is 4.74 Å². The normalized spacial score (nSPS) is 20.9. The van der Waals surface area contributed by atoms with Crippen molar-refractivity contribution >= 4 is 5.91 Å². The number of rotatable bonds is 5. The first kappa shape index (κ1) is 17.8. The molecule has 2 aromatic rings. The van der Waals surface area contributed by atoms with Gasteiger partial charge in [-0.25, -0.2) is 9.97 Å². The Balaban J connectivity index is 1.26. The van der Waals surface area contributed by atoms with Gasteiger partial charge in [0.1, 0.15) is 5.60 Å². The monoisotopic (exact) mass is 369 g/mol. The maximum atomic E-state index is 12.5. The number of likely N-dealkylation sites (tertiary alicyclic amines) is 1. The lowest BCUT2D eigenvalue weighted by atomic mass is 9.79. The molecule has 4 heterocycles. The standard InChI is InChI=1S/C19H23N5O3/c1-14-2-6-20-18(23-14)26-8-4-15-5-9-27-19(10-15)12-24(13-19)17(25)16-3-7-21-22-11-16/h2-3,6-7,11,15H,4-5,8-10,12-13H2,1H3. The molecule has 2 aliphatic heterocycles. The highest BCUT2D eigenvalue weighted by Gasteiger charge is 2.49. The number of hydrogen-bond acceptors (Lipinski definition) is 7. The molecule has 1 amide bonds. The zero-order chi connectivity index (χ0) is 18.7. The lowest BCUT2D eigenvalue weighted by molar-refractivity contribution is -0.166. The molecule has 0 aliphatic carbocycles. The van der Waals surface area contributed by atoms with E-state index in [0.717, 1.165) is 31.6 Å². The first-order valence-corrected chi connectivity index (χ1v) is 9.26. The number of ether oxygens (including phenoxy) is 2. The summed E-state index contributed by atoms with van der Waals surface area (Å²) in [4.78, 5) is 22.7. The molecule has 2 aromatic heterocycles. The minimum absolute atomic E-state index is 0.0128. The Hall–Kier alpha value is -2.61. The van der Waals surface area contributed by atoms with Gasteiger partial charge >= 0.3 is 6.01 Å². The van der Waals surface area contributed by atoms with E-state index >= 15 is 0 Å². The van der Waals surface area contributed by atoms with E-state index in [0.29, 0.717) is 37.2 Å². The van der Waals surface area contributed by atoms with E-state index in [4.69, 9.17) is 9.47 Å². The first-order chi connectivity index (χ1) is 13.1. The lowest BCUT2D eigenvalue weighted by Gasteiger charge is -2.53. The van der Waals surface area contributed by atoms with Crippen molar-refractivity contribution in [2.75, 3.05) is 26.3 Å². The number of carbonyl (C=O) groups excluding carboxylic acids is 1. The van der Waals surface area contributed by atoms with Crippen molar-refractivity contribution in [2.24, 2.45) is 5.92 Å². The van der Waals surface area contributed by atoms with Gasteiger partial charge in [-0.3, -0.25) is 4.79 Å². The molecule has 27 heavy (non-hydrogen) atoms. The summed E-state index contributed by atoms with van der Waals surface area (Å²) >= 11 is 0. The van der Waals surface area contributed by atoms with Gasteiger partial charge in [0.25, 0.3) is 5.91 Å². The van der Waals surface area contributed by atoms with Crippen molar-refractivity contribution in [1.29, 1.82) is 0 Å². The number of amides is 1. The van der Waals surface area contributed by atoms with Crippen molar-refractivity contribution in [3.05, 3.63) is 42.0 Å². The molecular formula is C19H23N5O3. The van der Waals surface area contributed by atoms with Crippen LogP contribution in [0, 0.1) is 12.8 Å². The molecule has 0 radical (unpaired) electrons. The van der Waals surface area contributed by atoms with E-state index in [1.54, 1.807) is 12.3 Å². The Morgan fingerprint density at radius 1 is 1.33 bits per heavy atom. The fourth-order valence-electron chi connectivity index (χ4n) is 3.80. The fourth-order valence-corrected chi connectivity index (χ4v) is 3.80. The Labute approximate surface area is 157 Å². The molecule has 0 saturated carbocycles. The third kappa shape index (κ3) is 4.05. The average molecular weight is 369 g/mol. The molecule has 8 nitrogen and oxygen atoms in total. The van der Waals surface area contributed by atoms with Gasteiger partial charge in [0.05, 0.1) is 37.7 Å². The summed E-state index contributed by atoms with van der Waals surface area (Å²) in [6.07, 6.45) is 7.64. The minimum atomic E-state index is -0.209. The molecule has 0 N–H and O–H groups in total. The smallest absolute Gasteiger partial charge is 0.316 e. The Morgan fingerprint density at radius 2 is 2.22 bits per heavy atom. The SMILES string of the molecule is Cc1ccnc(OCCC2CCOC3(C2)CN(C(=O)c2ccnnc2)C3)n1. The quantitative estimate of drug-likeness (QED) is 0.792. The fraction of sp³-hybridized carbons (Fsp3) is 0.526. The molecule has 1 atom stereocenters. The molecule has 1 unspecified atom stereocenters. The average Bonchev–Trinajstić information content (AvgIpc) is 2.66. The summed E-state index contributed by atoms with van der Waals surface area (Å²) in [5.74, 6) is 0.504. The third-order valence-electron chi connectivity index (χ3n) is 5.20. The van der Waals surface area contributed by atoms with E-state index in [1.165, 1.54) is 12.4 Å². The van der Waals surface area contributed by atoms with Crippen molar-refractivity contribution < 1.29 is 14.3 Å². The largest absolute Gasteiger partial charge is 0.463 e. The number of aryl methyl sites for hydroxylation is 1. The predicted octanol–water partition coefficient (Wildman–Crippen LogP) is 1.67. The molecule has 2 aliphatic rings. The van der Waals surface area contributed by atoms with Crippen LogP contribution in [0.4, 0.5) is 0 Å². The van der Waals surface area contributed by atoms with Crippen LogP contribution in [0.15, 0.2) is 30.7 Å². The van der Waals surface area contributed by atoms with Gasteiger partial charge in [-0.1, -0.05) is 0 Å². The van der Waals surface area contributed by atoms with Gasteiger partial charge in [0.15, 0.2) is 0 Å². The second kappa shape index (κ2) is 7.56. The highest BCUT2D eigenvalue weighted by Crippen LogP contribution is 2.38. The van der Waals surface area contributed by atoms with Crippen LogP contribution in [0.3, 0.4) is 0 Å². The van der Waals surface area contributed by atoms with Crippen LogP contribution < -0.4 is 4.74 Å². The summed E-state index contributed by atoms with van der Waals surface area (Å²) in [6, 6.07) is 3.97. The highest BCUT2D eigenvalue weighted by molar-refractivity contribution is 5.94. The van der Waals surface area contributed by atoms with Crippen LogP contribution in [0.2, 0.25) is 0 Å². The molecule has 0 aromatic carbocycles. The van der Waals surface area contributed by atoms with Crippen LogP contribution in [0.5, 0.6) is 6.01 Å². The lowest BCUT2D eigenvalue weighted by Crippen LogP contribution is -2.66. The number of aromatic nitrogens is 4. The summed E-state index contributed by atoms with van der Waals surface area (Å²) in [6.45, 7) is 4.50. The maximum absolute atomic E-state index is 12.5. The molecule has 8 heteroatoms. The summed E-state index contributed by atoms with van der Waals surface area (Å²) in [5.41, 5.74) is 1.26. The summed E-state index contributed by atoms with van der Waals surface area (Å²) in [5, 5.41) is 7.49. The first-order valence-electron chi connectivity index (χ1n) is 9.26. The summed E-state index contributed by atoms with van der Waals surface area (Å²) < 4.78 is 11.7. The number of hydrogen-bond donors (Lipinski definition) is 0. The van der Waals surface area contributed by atoms with Gasteiger partial charge in [-0.15, -0.1) is 0 Å². The van der Waals surface area contributed by atoms with Gasteiger partial charge in [-0.05, 0) is 44.2 Å². The summed E-state index contributed by atoms with van der Waals surface area (Å²) in [7, 11) is 0. The molecule has 2 fully saturated rings.